The van der Waals surface area contributed by atoms with Gasteiger partial charge in [0.2, 0.25) is 5.91 Å². The Labute approximate surface area is 131 Å². The summed E-state index contributed by atoms with van der Waals surface area (Å²) < 4.78 is 26.6. The first-order chi connectivity index (χ1) is 10.3. The molecule has 0 aliphatic rings. The number of carbonyl (C=O) groups excluding carboxylic acids is 1. The predicted octanol–water partition coefficient (Wildman–Crippen LogP) is 3.37. The van der Waals surface area contributed by atoms with Crippen molar-refractivity contribution in [1.29, 1.82) is 0 Å². The van der Waals surface area contributed by atoms with Crippen LogP contribution in [-0.2, 0) is 14.8 Å². The smallest absolute Gasteiger partial charge is 0.270 e. The molecule has 4 nitrogen and oxygen atoms in total. The lowest BCUT2D eigenvalue weighted by atomic mass is 10.2. The number of amides is 1. The molecule has 0 N–H and O–H groups in total. The highest BCUT2D eigenvalue weighted by Gasteiger charge is 2.32. The molecule has 0 radical (unpaired) electrons. The van der Waals surface area contributed by atoms with Gasteiger partial charge in [-0.15, -0.1) is 0 Å². The van der Waals surface area contributed by atoms with Crippen molar-refractivity contribution < 1.29 is 13.2 Å². The zero-order valence-corrected chi connectivity index (χ0v) is 13.7. The van der Waals surface area contributed by atoms with Gasteiger partial charge in [0.15, 0.2) is 0 Å². The average Bonchev–Trinajstić information content (AvgIpc) is 2.50. The fraction of sp³-hybridized carbons (Fsp3) is 0.235. The van der Waals surface area contributed by atoms with Crippen LogP contribution in [0.4, 0.5) is 5.69 Å². The molecule has 2 rings (SSSR count). The van der Waals surface area contributed by atoms with Gasteiger partial charge >= 0.3 is 0 Å². The molecule has 0 unspecified atom stereocenters. The second-order valence-electron chi connectivity index (χ2n) is 5.41. The van der Waals surface area contributed by atoms with Crippen LogP contribution in [0.5, 0.6) is 0 Å². The third-order valence-electron chi connectivity index (χ3n) is 3.24. The Balaban J connectivity index is 2.59. The van der Waals surface area contributed by atoms with Gasteiger partial charge in [-0.25, -0.2) is 12.7 Å². The summed E-state index contributed by atoms with van der Waals surface area (Å²) in [5, 5.41) is 0. The lowest BCUT2D eigenvalue weighted by Crippen LogP contribution is -2.39. The minimum absolute atomic E-state index is 0.101. The van der Waals surface area contributed by atoms with Crippen molar-refractivity contribution >= 4 is 21.6 Å². The molecule has 0 bridgehead atoms. The van der Waals surface area contributed by atoms with Gasteiger partial charge in [0.05, 0.1) is 10.6 Å². The molecule has 0 fully saturated rings. The molecule has 0 aliphatic heterocycles. The number of hydrogen-bond acceptors (Lipinski definition) is 3. The van der Waals surface area contributed by atoms with E-state index < -0.39 is 21.8 Å². The Bertz CT molecular complexity index is 750. The molecule has 0 saturated heterocycles. The van der Waals surface area contributed by atoms with Crippen LogP contribution < -0.4 is 4.31 Å². The molecule has 116 valence electrons. The van der Waals surface area contributed by atoms with Crippen molar-refractivity contribution in [2.45, 2.75) is 25.7 Å². The van der Waals surface area contributed by atoms with Gasteiger partial charge in [0.25, 0.3) is 10.0 Å². The SMILES string of the molecule is Cc1ccc(N(C(=O)C(C)C)S(=O)(=O)c2ccccc2)cc1. The standard InChI is InChI=1S/C17H19NO3S/c1-13(2)17(19)18(15-11-9-14(3)10-12-15)22(20,21)16-7-5-4-6-8-16/h4-13H,1-3H3. The van der Waals surface area contributed by atoms with E-state index in [2.05, 4.69) is 0 Å². The Morgan fingerprint density at radius 1 is 0.955 bits per heavy atom. The van der Waals surface area contributed by atoms with Crippen LogP contribution >= 0.6 is 0 Å². The topological polar surface area (TPSA) is 54.5 Å². The number of aryl methyl sites for hydroxylation is 1. The lowest BCUT2D eigenvalue weighted by molar-refractivity contribution is -0.120. The fourth-order valence-electron chi connectivity index (χ4n) is 2.00. The summed E-state index contributed by atoms with van der Waals surface area (Å²) >= 11 is 0. The average molecular weight is 317 g/mol. The van der Waals surface area contributed by atoms with Gasteiger partial charge in [-0.1, -0.05) is 49.7 Å². The fourth-order valence-corrected chi connectivity index (χ4v) is 3.56. The van der Waals surface area contributed by atoms with E-state index in [1.165, 1.54) is 12.1 Å². The van der Waals surface area contributed by atoms with Gasteiger partial charge in [0, 0.05) is 5.92 Å². The summed E-state index contributed by atoms with van der Waals surface area (Å²) in [5.74, 6) is -0.882. The van der Waals surface area contributed by atoms with Crippen LogP contribution in [-0.4, -0.2) is 14.3 Å². The molecule has 2 aromatic carbocycles. The molecule has 0 atom stereocenters. The van der Waals surface area contributed by atoms with E-state index in [0.717, 1.165) is 9.87 Å². The van der Waals surface area contributed by atoms with Crippen molar-refractivity contribution in [3.05, 3.63) is 60.2 Å². The van der Waals surface area contributed by atoms with Crippen molar-refractivity contribution in [1.82, 2.24) is 0 Å². The van der Waals surface area contributed by atoms with E-state index in [1.54, 1.807) is 56.3 Å². The van der Waals surface area contributed by atoms with Crippen LogP contribution in [0.3, 0.4) is 0 Å². The highest BCUT2D eigenvalue weighted by molar-refractivity contribution is 7.93. The third-order valence-corrected chi connectivity index (χ3v) is 4.98. The molecule has 0 aliphatic carbocycles. The lowest BCUT2D eigenvalue weighted by Gasteiger charge is -2.24. The third kappa shape index (κ3) is 3.20. The summed E-state index contributed by atoms with van der Waals surface area (Å²) in [7, 11) is -3.93. The number of sulfonamides is 1. The van der Waals surface area contributed by atoms with Crippen LogP contribution in [0.1, 0.15) is 19.4 Å². The van der Waals surface area contributed by atoms with Gasteiger partial charge in [-0.05, 0) is 31.2 Å². The molecule has 0 spiro atoms. The van der Waals surface area contributed by atoms with Crippen molar-refractivity contribution in [2.75, 3.05) is 4.31 Å². The van der Waals surface area contributed by atoms with Gasteiger partial charge in [-0.2, -0.15) is 0 Å². The maximum atomic E-state index is 12.9. The number of rotatable bonds is 4. The molecular formula is C17H19NO3S. The number of carbonyl (C=O) groups is 1. The predicted molar refractivity (Wildman–Crippen MR) is 87.1 cm³/mol. The zero-order valence-electron chi connectivity index (χ0n) is 12.9. The monoisotopic (exact) mass is 317 g/mol. The quantitative estimate of drug-likeness (QED) is 0.868. The van der Waals surface area contributed by atoms with Crippen LogP contribution in [0.25, 0.3) is 0 Å². The number of benzene rings is 2. The second-order valence-corrected chi connectivity index (χ2v) is 7.20. The minimum Gasteiger partial charge on any atom is -0.273 e. The molecule has 22 heavy (non-hydrogen) atoms. The molecule has 1 amide bonds. The number of nitrogens with zero attached hydrogens (tertiary/aromatic N) is 1. The van der Waals surface area contributed by atoms with E-state index in [4.69, 9.17) is 0 Å². The van der Waals surface area contributed by atoms with Crippen molar-refractivity contribution in [3.8, 4) is 0 Å². The summed E-state index contributed by atoms with van der Waals surface area (Å²) in [5.41, 5.74) is 1.35. The number of anilines is 1. The highest BCUT2D eigenvalue weighted by Crippen LogP contribution is 2.26. The Hall–Kier alpha value is -2.14. The molecule has 0 heterocycles. The molecular weight excluding hydrogens is 298 g/mol. The Kier molecular flexibility index (Phi) is 4.66. The van der Waals surface area contributed by atoms with Gasteiger partial charge < -0.3 is 0 Å². The Morgan fingerprint density at radius 2 is 1.50 bits per heavy atom. The summed E-state index contributed by atoms with van der Waals surface area (Å²) in [6.07, 6.45) is 0. The van der Waals surface area contributed by atoms with Crippen LogP contribution in [0.2, 0.25) is 0 Å². The summed E-state index contributed by atoms with van der Waals surface area (Å²) in [4.78, 5) is 12.6. The molecule has 2 aromatic rings. The first-order valence-electron chi connectivity index (χ1n) is 7.05. The van der Waals surface area contributed by atoms with Gasteiger partial charge in [-0.3, -0.25) is 4.79 Å². The summed E-state index contributed by atoms with van der Waals surface area (Å²) in [6.45, 7) is 5.28. The maximum absolute atomic E-state index is 12.9. The van der Waals surface area contributed by atoms with Crippen LogP contribution in [0, 0.1) is 12.8 Å². The van der Waals surface area contributed by atoms with E-state index in [0.29, 0.717) is 5.69 Å². The normalized spacial score (nSPS) is 11.5. The van der Waals surface area contributed by atoms with E-state index in [1.807, 2.05) is 6.92 Å². The maximum Gasteiger partial charge on any atom is 0.270 e. The van der Waals surface area contributed by atoms with E-state index >= 15 is 0 Å². The minimum atomic E-state index is -3.93. The highest BCUT2D eigenvalue weighted by atomic mass is 32.2. The molecule has 0 saturated carbocycles. The first-order valence-corrected chi connectivity index (χ1v) is 8.49. The second kappa shape index (κ2) is 6.32. The zero-order chi connectivity index (χ0) is 16.3. The van der Waals surface area contributed by atoms with Crippen molar-refractivity contribution in [3.63, 3.8) is 0 Å². The first kappa shape index (κ1) is 16.2. The van der Waals surface area contributed by atoms with Gasteiger partial charge in [0.1, 0.15) is 0 Å². The molecule has 0 aromatic heterocycles. The van der Waals surface area contributed by atoms with E-state index in [9.17, 15) is 13.2 Å². The van der Waals surface area contributed by atoms with Crippen LogP contribution in [0.15, 0.2) is 59.5 Å². The molecule has 5 heteroatoms. The van der Waals surface area contributed by atoms with E-state index in [-0.39, 0.29) is 4.90 Å². The Morgan fingerprint density at radius 3 is 2.00 bits per heavy atom. The van der Waals surface area contributed by atoms with Crippen molar-refractivity contribution in [2.24, 2.45) is 5.92 Å². The summed E-state index contributed by atoms with van der Waals surface area (Å²) in [6, 6.07) is 14.9. The largest absolute Gasteiger partial charge is 0.273 e. The number of hydrogen-bond donors (Lipinski definition) is 0.